The number of carbonyl (C=O) groups is 2. The second-order valence-corrected chi connectivity index (χ2v) is 8.08. The lowest BCUT2D eigenvalue weighted by molar-refractivity contribution is -0.122. The quantitative estimate of drug-likeness (QED) is 0.194. The molecular weight excluding hydrogens is 464 g/mol. The lowest BCUT2D eigenvalue weighted by atomic mass is 10.1. The van der Waals surface area contributed by atoms with E-state index in [-0.39, 0.29) is 34.8 Å². The number of halogens is 1. The van der Waals surface area contributed by atoms with Crippen LogP contribution in [0.3, 0.4) is 0 Å². The second-order valence-electron chi connectivity index (χ2n) is 7.26. The van der Waals surface area contributed by atoms with Gasteiger partial charge in [-0.25, -0.2) is 0 Å². The number of nitrogens with one attached hydrogen (secondary N) is 3. The predicted octanol–water partition coefficient (Wildman–Crippen LogP) is 3.83. The Kier molecular flexibility index (Phi) is 8.02. The fraction of sp³-hybridized carbons (Fsp3) is 0.217. The van der Waals surface area contributed by atoms with Crippen molar-refractivity contribution in [3.05, 3.63) is 80.3 Å². The maximum atomic E-state index is 12.5. The van der Waals surface area contributed by atoms with Crippen molar-refractivity contribution in [3.8, 4) is 5.75 Å². The van der Waals surface area contributed by atoms with Crippen LogP contribution < -0.4 is 21.1 Å². The summed E-state index contributed by atoms with van der Waals surface area (Å²) in [5.74, 6) is -0.167. The molecule has 8 nitrogen and oxygen atoms in total. The van der Waals surface area contributed by atoms with Gasteiger partial charge in [0.2, 0.25) is 5.91 Å². The van der Waals surface area contributed by atoms with E-state index >= 15 is 0 Å². The molecule has 33 heavy (non-hydrogen) atoms. The van der Waals surface area contributed by atoms with E-state index in [4.69, 9.17) is 28.6 Å². The van der Waals surface area contributed by atoms with Crippen LogP contribution in [-0.2, 0) is 11.3 Å². The Labute approximate surface area is 200 Å². The van der Waals surface area contributed by atoms with Crippen molar-refractivity contribution >= 4 is 46.5 Å². The van der Waals surface area contributed by atoms with Crippen molar-refractivity contribution in [1.29, 1.82) is 0 Å². The number of hydrazine groups is 1. The van der Waals surface area contributed by atoms with Gasteiger partial charge in [0.05, 0.1) is 17.5 Å². The summed E-state index contributed by atoms with van der Waals surface area (Å²) in [6.07, 6.45) is 2.21. The summed E-state index contributed by atoms with van der Waals surface area (Å²) in [6.45, 7) is 6.13. The van der Waals surface area contributed by atoms with E-state index in [1.807, 2.05) is 6.92 Å². The third-order valence-corrected chi connectivity index (χ3v) is 5.37. The summed E-state index contributed by atoms with van der Waals surface area (Å²) in [5.41, 5.74) is 6.07. The highest BCUT2D eigenvalue weighted by atomic mass is 35.5. The maximum absolute atomic E-state index is 12.5. The minimum atomic E-state index is -0.520. The number of allylic oxidation sites excluding steroid dienone is 1. The van der Waals surface area contributed by atoms with Gasteiger partial charge in [-0.3, -0.25) is 29.8 Å². The predicted molar refractivity (Wildman–Crippen MR) is 130 cm³/mol. The van der Waals surface area contributed by atoms with E-state index in [2.05, 4.69) is 22.4 Å². The van der Waals surface area contributed by atoms with Crippen molar-refractivity contribution < 1.29 is 14.3 Å². The number of aromatic nitrogens is 2. The third-order valence-electron chi connectivity index (χ3n) is 4.81. The van der Waals surface area contributed by atoms with Crippen molar-refractivity contribution in [2.45, 2.75) is 26.3 Å². The number of aromatic amines is 1. The van der Waals surface area contributed by atoms with Crippen molar-refractivity contribution in [2.75, 3.05) is 6.61 Å². The fourth-order valence-electron chi connectivity index (χ4n) is 3.14. The molecule has 0 atom stereocenters. The first-order chi connectivity index (χ1) is 15.8. The van der Waals surface area contributed by atoms with Crippen LogP contribution in [0.1, 0.15) is 28.8 Å². The van der Waals surface area contributed by atoms with Crippen molar-refractivity contribution in [2.24, 2.45) is 0 Å². The summed E-state index contributed by atoms with van der Waals surface area (Å²) in [4.78, 5) is 39.9. The zero-order valence-corrected chi connectivity index (χ0v) is 19.5. The van der Waals surface area contributed by atoms with Gasteiger partial charge in [0.25, 0.3) is 11.5 Å². The molecule has 0 radical (unpaired) electrons. The van der Waals surface area contributed by atoms with Gasteiger partial charge in [-0.05, 0) is 67.5 Å². The molecule has 0 bridgehead atoms. The normalized spacial score (nSPS) is 10.6. The summed E-state index contributed by atoms with van der Waals surface area (Å²) in [6, 6.07) is 9.87. The van der Waals surface area contributed by atoms with Gasteiger partial charge >= 0.3 is 0 Å². The number of hydrogen-bond acceptors (Lipinski definition) is 5. The van der Waals surface area contributed by atoms with Crippen LogP contribution in [-0.4, -0.2) is 28.0 Å². The Bertz CT molecular complexity index is 1330. The van der Waals surface area contributed by atoms with E-state index in [1.54, 1.807) is 24.3 Å². The largest absolute Gasteiger partial charge is 0.493 e. The molecule has 0 unspecified atom stereocenters. The molecule has 1 heterocycles. The first-order valence-corrected chi connectivity index (χ1v) is 10.9. The van der Waals surface area contributed by atoms with E-state index in [0.29, 0.717) is 34.7 Å². The van der Waals surface area contributed by atoms with Crippen LogP contribution in [0.5, 0.6) is 5.75 Å². The highest BCUT2D eigenvalue weighted by molar-refractivity contribution is 7.71. The van der Waals surface area contributed by atoms with Crippen molar-refractivity contribution in [3.63, 3.8) is 0 Å². The van der Waals surface area contributed by atoms with Gasteiger partial charge < -0.3 is 9.72 Å². The fourth-order valence-corrected chi connectivity index (χ4v) is 3.64. The number of benzene rings is 2. The molecule has 3 rings (SSSR count). The smallest absolute Gasteiger partial charge is 0.269 e. The van der Waals surface area contributed by atoms with Crippen LogP contribution in [0.4, 0.5) is 0 Å². The van der Waals surface area contributed by atoms with Crippen LogP contribution in [0.15, 0.2) is 53.8 Å². The zero-order valence-electron chi connectivity index (χ0n) is 17.9. The molecule has 0 aliphatic carbocycles. The topological polar surface area (TPSA) is 105 Å². The third kappa shape index (κ3) is 6.09. The highest BCUT2D eigenvalue weighted by Gasteiger charge is 2.11. The van der Waals surface area contributed by atoms with Gasteiger partial charge in [-0.2, -0.15) is 0 Å². The first-order valence-electron chi connectivity index (χ1n) is 10.2. The first kappa shape index (κ1) is 24.2. The van der Waals surface area contributed by atoms with Gasteiger partial charge in [-0.1, -0.05) is 17.7 Å². The minimum Gasteiger partial charge on any atom is -0.493 e. The summed E-state index contributed by atoms with van der Waals surface area (Å²) in [5, 5.41) is 1.02. The molecule has 0 aliphatic rings. The van der Waals surface area contributed by atoms with Gasteiger partial charge in [-0.15, -0.1) is 6.58 Å². The number of carbonyl (C=O) groups excluding carboxylic acids is 2. The number of amides is 2. The van der Waals surface area contributed by atoms with Gasteiger partial charge in [0, 0.05) is 23.6 Å². The Morgan fingerprint density at radius 2 is 2.03 bits per heavy atom. The molecule has 172 valence electrons. The molecular formula is C23H23ClN4O4S. The molecule has 3 aromatic rings. The number of rotatable bonds is 8. The molecule has 10 heteroatoms. The highest BCUT2D eigenvalue weighted by Crippen LogP contribution is 2.21. The van der Waals surface area contributed by atoms with Crippen LogP contribution in [0, 0.1) is 11.7 Å². The molecule has 0 saturated carbocycles. The summed E-state index contributed by atoms with van der Waals surface area (Å²) < 4.78 is 7.26. The Hall–Kier alpha value is -3.43. The average molecular weight is 487 g/mol. The van der Waals surface area contributed by atoms with E-state index in [0.717, 1.165) is 5.56 Å². The van der Waals surface area contributed by atoms with E-state index < -0.39 is 5.91 Å². The molecule has 2 aromatic carbocycles. The van der Waals surface area contributed by atoms with Gasteiger partial charge in [0.1, 0.15) is 5.75 Å². The summed E-state index contributed by atoms with van der Waals surface area (Å²) in [7, 11) is 0. The summed E-state index contributed by atoms with van der Waals surface area (Å²) >= 11 is 11.1. The zero-order chi connectivity index (χ0) is 24.0. The lowest BCUT2D eigenvalue weighted by Crippen LogP contribution is -2.41. The monoisotopic (exact) mass is 486 g/mol. The average Bonchev–Trinajstić information content (AvgIpc) is 2.78. The molecule has 0 aliphatic heterocycles. The second kappa shape index (κ2) is 10.9. The molecule has 0 saturated heterocycles. The number of H-pyrrole nitrogens is 1. The number of fused-ring (bicyclic) bond motifs is 1. The van der Waals surface area contributed by atoms with E-state index in [1.165, 1.54) is 22.8 Å². The van der Waals surface area contributed by atoms with Gasteiger partial charge in [0.15, 0.2) is 4.77 Å². The Morgan fingerprint density at radius 3 is 2.76 bits per heavy atom. The standard InChI is InChI=1S/C23H23ClN4O4S/c1-3-10-28-22(31)17-8-6-15(13-18(17)25-23(28)33)21(30)27-26-20(29)5-4-11-32-19-9-7-16(24)12-14(19)2/h3,6-9,12-13H,1,4-5,10-11H2,2H3,(H,25,33)(H,26,29)(H,27,30). The number of nitrogens with zero attached hydrogens (tertiary/aromatic N) is 1. The van der Waals surface area contributed by atoms with Crippen LogP contribution >= 0.6 is 23.8 Å². The van der Waals surface area contributed by atoms with Crippen LogP contribution in [0.25, 0.3) is 10.9 Å². The number of aryl methyl sites for hydroxylation is 1. The maximum Gasteiger partial charge on any atom is 0.269 e. The van der Waals surface area contributed by atoms with Crippen LogP contribution in [0.2, 0.25) is 5.02 Å². The molecule has 1 aromatic heterocycles. The van der Waals surface area contributed by atoms with E-state index in [9.17, 15) is 14.4 Å². The minimum absolute atomic E-state index is 0.167. The Morgan fingerprint density at radius 1 is 1.24 bits per heavy atom. The molecule has 0 fully saturated rings. The lowest BCUT2D eigenvalue weighted by Gasteiger charge is -2.10. The van der Waals surface area contributed by atoms with Crippen molar-refractivity contribution in [1.82, 2.24) is 20.4 Å². The molecule has 3 N–H and O–H groups in total. The number of hydrogen-bond donors (Lipinski definition) is 3. The molecule has 0 spiro atoms. The Balaban J connectivity index is 1.52. The molecule has 2 amide bonds. The number of ether oxygens (including phenoxy) is 1. The SMILES string of the molecule is C=CCn1c(=S)[nH]c2cc(C(=O)NNC(=O)CCCOc3ccc(Cl)cc3C)ccc2c1=O.